The number of hydrogen-bond donors (Lipinski definition) is 2. The summed E-state index contributed by atoms with van der Waals surface area (Å²) in [6.45, 7) is 2.56. The van der Waals surface area contributed by atoms with Crippen LogP contribution in [0.5, 0.6) is 0 Å². The molecule has 1 aliphatic heterocycles. The van der Waals surface area contributed by atoms with Gasteiger partial charge in [-0.15, -0.1) is 0 Å². The van der Waals surface area contributed by atoms with E-state index < -0.39 is 6.10 Å². The van der Waals surface area contributed by atoms with Crippen molar-refractivity contribution in [3.63, 3.8) is 0 Å². The van der Waals surface area contributed by atoms with Crippen molar-refractivity contribution in [2.45, 2.75) is 56.8 Å². The molecule has 1 aliphatic carbocycles. The molecule has 0 bridgehead atoms. The Morgan fingerprint density at radius 1 is 0.967 bits per heavy atom. The third-order valence-electron chi connectivity index (χ3n) is 6.62. The van der Waals surface area contributed by atoms with E-state index >= 15 is 0 Å². The summed E-state index contributed by atoms with van der Waals surface area (Å²) in [5.74, 6) is 0.0964. The highest BCUT2D eigenvalue weighted by atomic mass is 35.5. The fourth-order valence-electron chi connectivity index (χ4n) is 4.85. The van der Waals surface area contributed by atoms with E-state index in [-0.39, 0.29) is 17.8 Å². The zero-order valence-electron chi connectivity index (χ0n) is 17.2. The van der Waals surface area contributed by atoms with E-state index in [1.807, 2.05) is 12.1 Å². The van der Waals surface area contributed by atoms with Gasteiger partial charge in [0.25, 0.3) is 0 Å². The Bertz CT molecular complexity index is 852. The average molecular weight is 428 g/mol. The molecular formula is C25H30ClNO3. The molecule has 4 nitrogen and oxygen atoms in total. The Kier molecular flexibility index (Phi) is 6.89. The van der Waals surface area contributed by atoms with Crippen LogP contribution in [-0.4, -0.2) is 46.2 Å². The van der Waals surface area contributed by atoms with Gasteiger partial charge in [0.15, 0.2) is 0 Å². The third-order valence-corrected chi connectivity index (χ3v) is 6.88. The molecule has 1 saturated heterocycles. The van der Waals surface area contributed by atoms with E-state index in [2.05, 4.69) is 29.2 Å². The van der Waals surface area contributed by atoms with E-state index in [9.17, 15) is 15.0 Å². The zero-order valence-corrected chi connectivity index (χ0v) is 18.0. The number of benzene rings is 2. The number of Topliss-reactive ketones (excluding diaryl/α,β-unsaturated/α-hetero) is 1. The van der Waals surface area contributed by atoms with Crippen molar-refractivity contribution >= 4 is 17.4 Å². The number of likely N-dealkylation sites (tertiary alicyclic amines) is 1. The van der Waals surface area contributed by atoms with Crippen LogP contribution in [0.4, 0.5) is 0 Å². The second-order valence-electron chi connectivity index (χ2n) is 8.87. The summed E-state index contributed by atoms with van der Waals surface area (Å²) in [6, 6.07) is 16.0. The summed E-state index contributed by atoms with van der Waals surface area (Å²) in [7, 11) is 0. The zero-order chi connectivity index (χ0) is 21.1. The van der Waals surface area contributed by atoms with Crippen LogP contribution in [0.15, 0.2) is 48.5 Å². The Morgan fingerprint density at radius 3 is 2.33 bits per heavy atom. The molecule has 5 heteroatoms. The average Bonchev–Trinajstić information content (AvgIpc) is 3.15. The van der Waals surface area contributed by atoms with Crippen molar-refractivity contribution in [3.8, 4) is 0 Å². The van der Waals surface area contributed by atoms with Gasteiger partial charge in [0, 0.05) is 37.0 Å². The summed E-state index contributed by atoms with van der Waals surface area (Å²) >= 11 is 5.93. The normalized spacial score (nSPS) is 27.3. The first kappa shape index (κ1) is 21.5. The van der Waals surface area contributed by atoms with Crippen molar-refractivity contribution in [1.29, 1.82) is 0 Å². The molecule has 0 amide bonds. The lowest BCUT2D eigenvalue weighted by Gasteiger charge is -2.33. The number of rotatable bonds is 6. The van der Waals surface area contributed by atoms with E-state index in [0.717, 1.165) is 38.0 Å². The van der Waals surface area contributed by atoms with E-state index in [1.165, 1.54) is 11.1 Å². The molecule has 0 aromatic heterocycles. The molecular weight excluding hydrogens is 398 g/mol. The first-order valence-electron chi connectivity index (χ1n) is 10.9. The number of aliphatic hydroxyl groups excluding tert-OH is 2. The topological polar surface area (TPSA) is 60.8 Å². The Morgan fingerprint density at radius 2 is 1.67 bits per heavy atom. The molecule has 4 unspecified atom stereocenters. The van der Waals surface area contributed by atoms with Crippen LogP contribution in [0.3, 0.4) is 0 Å². The number of ketones is 1. The van der Waals surface area contributed by atoms with Gasteiger partial charge >= 0.3 is 0 Å². The van der Waals surface area contributed by atoms with Gasteiger partial charge in [-0.25, -0.2) is 0 Å². The summed E-state index contributed by atoms with van der Waals surface area (Å²) in [6.07, 6.45) is 2.71. The first-order chi connectivity index (χ1) is 14.5. The van der Waals surface area contributed by atoms with Crippen molar-refractivity contribution < 1.29 is 15.0 Å². The van der Waals surface area contributed by atoms with Gasteiger partial charge in [-0.3, -0.25) is 9.69 Å². The molecule has 2 aromatic rings. The van der Waals surface area contributed by atoms with Crippen LogP contribution in [0.25, 0.3) is 0 Å². The monoisotopic (exact) mass is 427 g/mol. The van der Waals surface area contributed by atoms with E-state index in [0.29, 0.717) is 30.2 Å². The lowest BCUT2D eigenvalue weighted by Crippen LogP contribution is -2.35. The predicted octanol–water partition coefficient (Wildman–Crippen LogP) is 3.96. The van der Waals surface area contributed by atoms with Gasteiger partial charge in [-0.1, -0.05) is 48.0 Å². The molecule has 2 aromatic carbocycles. The summed E-state index contributed by atoms with van der Waals surface area (Å²) in [5.41, 5.74) is 3.44. The fraction of sp³-hybridized carbons (Fsp3) is 0.480. The summed E-state index contributed by atoms with van der Waals surface area (Å²) < 4.78 is 0. The van der Waals surface area contributed by atoms with E-state index in [1.54, 1.807) is 12.1 Å². The highest BCUT2D eigenvalue weighted by molar-refractivity contribution is 6.30. The van der Waals surface area contributed by atoms with Crippen LogP contribution in [-0.2, 0) is 17.8 Å². The molecule has 0 radical (unpaired) electrons. The largest absolute Gasteiger partial charge is 0.392 e. The Labute approximate surface area is 183 Å². The van der Waals surface area contributed by atoms with Gasteiger partial charge in [0.05, 0.1) is 12.2 Å². The maximum atomic E-state index is 12.9. The minimum Gasteiger partial charge on any atom is -0.392 e. The highest BCUT2D eigenvalue weighted by Gasteiger charge is 2.34. The van der Waals surface area contributed by atoms with Crippen LogP contribution in [0.1, 0.15) is 48.3 Å². The van der Waals surface area contributed by atoms with Crippen LogP contribution in [0, 0.1) is 5.92 Å². The molecule has 1 heterocycles. The maximum absolute atomic E-state index is 12.9. The number of hydrogen-bond acceptors (Lipinski definition) is 4. The quantitative estimate of drug-likeness (QED) is 0.732. The van der Waals surface area contributed by atoms with Gasteiger partial charge in [-0.2, -0.15) is 0 Å². The smallest absolute Gasteiger partial charge is 0.142 e. The van der Waals surface area contributed by atoms with Gasteiger partial charge < -0.3 is 10.2 Å². The van der Waals surface area contributed by atoms with Gasteiger partial charge in [0.1, 0.15) is 5.78 Å². The molecule has 1 saturated carbocycles. The fourth-order valence-corrected chi connectivity index (χ4v) is 4.97. The second-order valence-corrected chi connectivity index (χ2v) is 9.31. The molecule has 0 spiro atoms. The predicted molar refractivity (Wildman–Crippen MR) is 119 cm³/mol. The molecule has 30 heavy (non-hydrogen) atoms. The molecule has 4 rings (SSSR count). The lowest BCUT2D eigenvalue weighted by molar-refractivity contribution is -0.127. The summed E-state index contributed by atoms with van der Waals surface area (Å²) in [5, 5.41) is 20.8. The molecule has 2 aliphatic rings. The molecule has 2 N–H and O–H groups in total. The van der Waals surface area contributed by atoms with Crippen molar-refractivity contribution in [2.75, 3.05) is 13.1 Å². The Hall–Kier alpha value is -1.72. The van der Waals surface area contributed by atoms with Crippen LogP contribution >= 0.6 is 11.6 Å². The second kappa shape index (κ2) is 9.61. The molecule has 160 valence electrons. The number of nitrogens with zero attached hydrogens (tertiary/aromatic N) is 1. The Balaban J connectivity index is 1.37. The van der Waals surface area contributed by atoms with Crippen LogP contribution < -0.4 is 0 Å². The number of carbonyl (C=O) groups is 1. The maximum Gasteiger partial charge on any atom is 0.142 e. The highest BCUT2D eigenvalue weighted by Crippen LogP contribution is 2.37. The van der Waals surface area contributed by atoms with E-state index in [4.69, 9.17) is 11.6 Å². The lowest BCUT2D eigenvalue weighted by atomic mass is 9.74. The SMILES string of the molecule is O=C(Cc1ccc(Cl)cc1)C1CC(c2ccc(CN3CCC(O)C3)cc2)CCC1O. The van der Waals surface area contributed by atoms with Crippen molar-refractivity contribution in [1.82, 2.24) is 4.90 Å². The number of halogens is 1. The van der Waals surface area contributed by atoms with Gasteiger partial charge in [0.2, 0.25) is 0 Å². The van der Waals surface area contributed by atoms with Gasteiger partial charge in [-0.05, 0) is 60.4 Å². The van der Waals surface area contributed by atoms with Crippen molar-refractivity contribution in [2.24, 2.45) is 5.92 Å². The minimum absolute atomic E-state index is 0.110. The minimum atomic E-state index is -0.554. The van der Waals surface area contributed by atoms with Crippen molar-refractivity contribution in [3.05, 3.63) is 70.2 Å². The molecule has 4 atom stereocenters. The summed E-state index contributed by atoms with van der Waals surface area (Å²) in [4.78, 5) is 15.2. The number of β-amino-alcohol motifs (C(OH)–C–C–N with tert-alkyl or cyclic N) is 1. The number of aliphatic hydroxyl groups is 2. The standard InChI is InChI=1S/C25H30ClNO3/c26-21-8-3-17(4-9-21)13-25(30)23-14-20(7-10-24(23)29)19-5-1-18(2-6-19)15-27-12-11-22(28)16-27/h1-6,8-9,20,22-24,28-29H,7,10-16H2. The van der Waals surface area contributed by atoms with Crippen LogP contribution in [0.2, 0.25) is 5.02 Å². The molecule has 2 fully saturated rings. The third kappa shape index (κ3) is 5.30. The number of carbonyl (C=O) groups excluding carboxylic acids is 1. The first-order valence-corrected chi connectivity index (χ1v) is 11.3.